The molecule has 0 aromatic heterocycles. The van der Waals surface area contributed by atoms with Crippen molar-refractivity contribution in [2.45, 2.75) is 0 Å². The van der Waals surface area contributed by atoms with Crippen molar-refractivity contribution >= 4 is 21.8 Å². The van der Waals surface area contributed by atoms with Gasteiger partial charge in [-0.2, -0.15) is 8.42 Å². The van der Waals surface area contributed by atoms with E-state index >= 15 is 0 Å². The third-order valence-electron chi connectivity index (χ3n) is 1.25. The minimum Gasteiger partial charge on any atom is -0.264 e. The normalized spacial score (nSPS) is 9.05. The van der Waals surface area contributed by atoms with E-state index in [0.717, 1.165) is 6.07 Å². The van der Waals surface area contributed by atoms with Gasteiger partial charge in [-0.3, -0.25) is 29.3 Å². The van der Waals surface area contributed by atoms with Crippen LogP contribution in [0.25, 0.3) is 0 Å². The highest BCUT2D eigenvalue weighted by Gasteiger charge is 2.11. The highest BCUT2D eigenvalue weighted by atomic mass is 32.3. The van der Waals surface area contributed by atoms with E-state index in [0.29, 0.717) is 0 Å². The van der Waals surface area contributed by atoms with Gasteiger partial charge in [0.2, 0.25) is 0 Å². The van der Waals surface area contributed by atoms with Gasteiger partial charge in [0.1, 0.15) is 0 Å². The summed E-state index contributed by atoms with van der Waals surface area (Å²) in [6.45, 7) is 0. The summed E-state index contributed by atoms with van der Waals surface area (Å²) in [4.78, 5) is 19.0. The lowest BCUT2D eigenvalue weighted by Crippen LogP contribution is -1.91. The van der Waals surface area contributed by atoms with Gasteiger partial charge in [0.05, 0.1) is 15.9 Å². The molecular formula is C6H6N4O8S. The zero-order valence-electron chi connectivity index (χ0n) is 8.85. The first-order valence-corrected chi connectivity index (χ1v) is 5.29. The third-order valence-corrected chi connectivity index (χ3v) is 1.25. The van der Waals surface area contributed by atoms with Crippen LogP contribution in [-0.4, -0.2) is 27.4 Å². The molecule has 104 valence electrons. The summed E-state index contributed by atoms with van der Waals surface area (Å²) in [5.74, 6) is 0. The van der Waals surface area contributed by atoms with E-state index in [1.807, 2.05) is 0 Å². The summed E-state index contributed by atoms with van der Waals surface area (Å²) in [7, 11) is -4.67. The van der Waals surface area contributed by atoms with Crippen molar-refractivity contribution in [2.75, 3.05) is 0 Å². The van der Waals surface area contributed by atoms with Crippen molar-refractivity contribution in [3.8, 4) is 0 Å². The number of hydrogen-bond acceptors (Lipinski definition) is 8. The average molecular weight is 294 g/mol. The number of nitro benzene ring substituents is 2. The Kier molecular flexibility index (Phi) is 8.26. The fourth-order valence-corrected chi connectivity index (χ4v) is 0.720. The summed E-state index contributed by atoms with van der Waals surface area (Å²) in [5.41, 5.74) is -0.548. The van der Waals surface area contributed by atoms with Gasteiger partial charge < -0.3 is 0 Å². The van der Waals surface area contributed by atoms with Gasteiger partial charge in [-0.25, -0.2) is 0 Å². The quantitative estimate of drug-likeness (QED) is 0.340. The standard InChI is InChI=1S/C6H4N2O4.N2.H2O4S/c9-7(10)5-2-1-3-6(4-5)8(11)12;1-2;1-5(2,3)4/h1-4H;;(H2,1,2,3,4). The maximum absolute atomic E-state index is 10.2. The molecule has 0 saturated heterocycles. The van der Waals surface area contributed by atoms with Crippen molar-refractivity contribution in [3.05, 3.63) is 44.5 Å². The average Bonchev–Trinajstić information content (AvgIpc) is 2.29. The highest BCUT2D eigenvalue weighted by molar-refractivity contribution is 7.79. The maximum atomic E-state index is 10.2. The van der Waals surface area contributed by atoms with Crippen molar-refractivity contribution in [3.63, 3.8) is 0 Å². The van der Waals surface area contributed by atoms with Crippen LogP contribution >= 0.6 is 0 Å². The van der Waals surface area contributed by atoms with E-state index in [9.17, 15) is 20.2 Å². The van der Waals surface area contributed by atoms with Gasteiger partial charge in [-0.05, 0) is 6.07 Å². The number of nitro groups is 2. The maximum Gasteiger partial charge on any atom is 0.394 e. The number of rotatable bonds is 2. The number of benzene rings is 1. The molecule has 0 aliphatic heterocycles. The molecule has 0 amide bonds. The van der Waals surface area contributed by atoms with E-state index in [4.69, 9.17) is 28.3 Å². The first-order valence-electron chi connectivity index (χ1n) is 3.90. The smallest absolute Gasteiger partial charge is 0.264 e. The Morgan fingerprint density at radius 3 is 1.47 bits per heavy atom. The van der Waals surface area contributed by atoms with Crippen molar-refractivity contribution in [1.29, 1.82) is 10.8 Å². The summed E-state index contributed by atoms with van der Waals surface area (Å²) < 4.78 is 31.6. The molecule has 12 nitrogen and oxygen atoms in total. The van der Waals surface area contributed by atoms with Crippen LogP contribution in [-0.2, 0) is 10.4 Å². The topological polar surface area (TPSA) is 208 Å². The molecular weight excluding hydrogens is 288 g/mol. The van der Waals surface area contributed by atoms with Crippen LogP contribution in [0, 0.1) is 31.0 Å². The largest absolute Gasteiger partial charge is 0.394 e. The molecule has 0 aliphatic carbocycles. The summed E-state index contributed by atoms with van der Waals surface area (Å²) in [6.07, 6.45) is 0. The highest BCUT2D eigenvalue weighted by Crippen LogP contribution is 2.18. The first-order chi connectivity index (χ1) is 8.61. The molecule has 1 rings (SSSR count). The van der Waals surface area contributed by atoms with E-state index in [2.05, 4.69) is 0 Å². The lowest BCUT2D eigenvalue weighted by atomic mass is 10.3. The Labute approximate surface area is 105 Å². The van der Waals surface area contributed by atoms with Crippen LogP contribution in [0.3, 0.4) is 0 Å². The van der Waals surface area contributed by atoms with Gasteiger partial charge in [0.15, 0.2) is 0 Å². The van der Waals surface area contributed by atoms with Crippen LogP contribution in [0.4, 0.5) is 11.4 Å². The second kappa shape index (κ2) is 8.41. The fraction of sp³-hybridized carbons (Fsp3) is 0. The molecule has 2 N–H and O–H groups in total. The molecule has 13 heteroatoms. The molecule has 0 fully saturated rings. The van der Waals surface area contributed by atoms with Gasteiger partial charge >= 0.3 is 10.4 Å². The molecule has 0 saturated carbocycles. The van der Waals surface area contributed by atoms with Gasteiger partial charge in [-0.15, -0.1) is 0 Å². The van der Waals surface area contributed by atoms with Crippen LogP contribution < -0.4 is 0 Å². The van der Waals surface area contributed by atoms with Crippen LogP contribution in [0.5, 0.6) is 0 Å². The molecule has 1 aromatic carbocycles. The second-order valence-electron chi connectivity index (χ2n) is 2.48. The Hall–Kier alpha value is -2.69. The molecule has 0 heterocycles. The number of nitrogens with zero attached hydrogens (tertiary/aromatic N) is 4. The van der Waals surface area contributed by atoms with Crippen molar-refractivity contribution < 1.29 is 27.4 Å². The molecule has 0 radical (unpaired) electrons. The van der Waals surface area contributed by atoms with Crippen LogP contribution in [0.15, 0.2) is 24.3 Å². The molecule has 0 bridgehead atoms. The monoisotopic (exact) mass is 294 g/mol. The van der Waals surface area contributed by atoms with Crippen molar-refractivity contribution in [1.82, 2.24) is 0 Å². The zero-order valence-corrected chi connectivity index (χ0v) is 9.67. The lowest BCUT2D eigenvalue weighted by Gasteiger charge is -1.90. The lowest BCUT2D eigenvalue weighted by molar-refractivity contribution is -0.394. The van der Waals surface area contributed by atoms with Crippen LogP contribution in [0.1, 0.15) is 0 Å². The Balaban J connectivity index is 0. The van der Waals surface area contributed by atoms with E-state index in [1.165, 1.54) is 18.2 Å². The van der Waals surface area contributed by atoms with Gasteiger partial charge in [0, 0.05) is 22.9 Å². The van der Waals surface area contributed by atoms with E-state index < -0.39 is 20.2 Å². The predicted octanol–water partition coefficient (Wildman–Crippen LogP) is 0.880. The molecule has 19 heavy (non-hydrogen) atoms. The zero-order chi connectivity index (χ0) is 15.6. The third kappa shape index (κ3) is 11.6. The van der Waals surface area contributed by atoms with Gasteiger partial charge in [0.25, 0.3) is 11.4 Å². The van der Waals surface area contributed by atoms with Gasteiger partial charge in [-0.1, -0.05) is 0 Å². The minimum absolute atomic E-state index is 0.274. The molecule has 0 atom stereocenters. The molecule has 0 unspecified atom stereocenters. The van der Waals surface area contributed by atoms with Crippen molar-refractivity contribution in [2.24, 2.45) is 0 Å². The summed E-state index contributed by atoms with van der Waals surface area (Å²) >= 11 is 0. The molecule has 0 spiro atoms. The van der Waals surface area contributed by atoms with Crippen LogP contribution in [0.2, 0.25) is 0 Å². The first kappa shape index (κ1) is 18.7. The Morgan fingerprint density at radius 2 is 1.26 bits per heavy atom. The number of non-ortho nitro benzene ring substituents is 2. The number of hydrogen-bond donors (Lipinski definition) is 2. The van der Waals surface area contributed by atoms with E-state index in [-0.39, 0.29) is 11.4 Å². The Bertz CT molecular complexity index is 530. The second-order valence-corrected chi connectivity index (χ2v) is 3.38. The fourth-order valence-electron chi connectivity index (χ4n) is 0.720. The molecule has 0 aliphatic rings. The Morgan fingerprint density at radius 1 is 1.00 bits per heavy atom. The minimum atomic E-state index is -4.67. The van der Waals surface area contributed by atoms with E-state index in [1.54, 1.807) is 0 Å². The summed E-state index contributed by atoms with van der Waals surface area (Å²) in [5, 5.41) is 32.3. The molecule has 1 aromatic rings. The predicted molar refractivity (Wildman–Crippen MR) is 57.4 cm³/mol. The summed E-state index contributed by atoms with van der Waals surface area (Å²) in [6, 6.07) is 4.59. The SMILES string of the molecule is N#N.O=S(=O)(O)O.O=[N+]([O-])c1cccc([N+](=O)[O-])c1.